The molecule has 17 heavy (non-hydrogen) atoms. The second-order valence-corrected chi connectivity index (χ2v) is 4.02. The second kappa shape index (κ2) is 6.19. The predicted molar refractivity (Wildman–Crippen MR) is 65.6 cm³/mol. The van der Waals surface area contributed by atoms with Crippen molar-refractivity contribution in [1.82, 2.24) is 20.3 Å². The Morgan fingerprint density at radius 1 is 1.41 bits per heavy atom. The lowest BCUT2D eigenvalue weighted by atomic mass is 10.3. The van der Waals surface area contributed by atoms with Gasteiger partial charge < -0.3 is 16.4 Å². The molecule has 0 aliphatic carbocycles. The molecule has 1 heterocycles. The van der Waals surface area contributed by atoms with E-state index < -0.39 is 0 Å². The molecule has 94 valence electrons. The highest BCUT2D eigenvalue weighted by molar-refractivity contribution is 6.28. The van der Waals surface area contributed by atoms with E-state index in [4.69, 9.17) is 17.3 Å². The average molecular weight is 259 g/mol. The van der Waals surface area contributed by atoms with Crippen molar-refractivity contribution in [1.29, 1.82) is 0 Å². The third kappa shape index (κ3) is 5.30. The van der Waals surface area contributed by atoms with E-state index in [0.717, 1.165) is 0 Å². The summed E-state index contributed by atoms with van der Waals surface area (Å²) in [6, 6.07) is 0.129. The van der Waals surface area contributed by atoms with Gasteiger partial charge in [0.05, 0.1) is 0 Å². The van der Waals surface area contributed by atoms with E-state index in [9.17, 15) is 4.79 Å². The van der Waals surface area contributed by atoms with Crippen LogP contribution in [0.2, 0.25) is 5.28 Å². The standard InChI is InChI=1S/C9H15ClN6O/c1-5(2)13-6(17)3-4-12-9-15-7(10)14-8(11)16-9/h5H,3-4H2,1-2H3,(H,13,17)(H3,11,12,14,15,16). The molecule has 0 atom stereocenters. The Kier molecular flexibility index (Phi) is 4.89. The number of anilines is 2. The third-order valence-corrected chi connectivity index (χ3v) is 1.88. The smallest absolute Gasteiger partial charge is 0.228 e. The Labute approximate surface area is 104 Å². The molecule has 0 aromatic carbocycles. The van der Waals surface area contributed by atoms with Crippen molar-refractivity contribution in [3.8, 4) is 0 Å². The van der Waals surface area contributed by atoms with E-state index in [1.54, 1.807) is 0 Å². The molecule has 0 bridgehead atoms. The molecule has 0 aliphatic heterocycles. The molecule has 1 aromatic rings. The van der Waals surface area contributed by atoms with E-state index in [1.165, 1.54) is 0 Å². The van der Waals surface area contributed by atoms with Gasteiger partial charge in [0.1, 0.15) is 0 Å². The van der Waals surface area contributed by atoms with Gasteiger partial charge in [0.15, 0.2) is 0 Å². The average Bonchev–Trinajstić information content (AvgIpc) is 2.14. The Balaban J connectivity index is 2.38. The van der Waals surface area contributed by atoms with Crippen molar-refractivity contribution in [3.05, 3.63) is 5.28 Å². The van der Waals surface area contributed by atoms with Crippen LogP contribution in [0.15, 0.2) is 0 Å². The van der Waals surface area contributed by atoms with Gasteiger partial charge in [-0.15, -0.1) is 0 Å². The minimum absolute atomic E-state index is 0.0200. The molecular weight excluding hydrogens is 244 g/mol. The van der Waals surface area contributed by atoms with Crippen molar-refractivity contribution in [2.24, 2.45) is 0 Å². The highest BCUT2D eigenvalue weighted by atomic mass is 35.5. The van der Waals surface area contributed by atoms with Crippen molar-refractivity contribution < 1.29 is 4.79 Å². The number of carbonyl (C=O) groups is 1. The highest BCUT2D eigenvalue weighted by Gasteiger charge is 2.05. The summed E-state index contributed by atoms with van der Waals surface area (Å²) >= 11 is 5.60. The Bertz CT molecular complexity index is 377. The van der Waals surface area contributed by atoms with Crippen LogP contribution in [0, 0.1) is 0 Å². The largest absolute Gasteiger partial charge is 0.368 e. The van der Waals surface area contributed by atoms with Crippen molar-refractivity contribution in [3.63, 3.8) is 0 Å². The number of halogens is 1. The van der Waals surface area contributed by atoms with E-state index in [1.807, 2.05) is 13.8 Å². The number of nitrogens with zero attached hydrogens (tertiary/aromatic N) is 3. The fraction of sp³-hybridized carbons (Fsp3) is 0.556. The van der Waals surface area contributed by atoms with Gasteiger partial charge in [0.25, 0.3) is 0 Å². The zero-order valence-corrected chi connectivity index (χ0v) is 10.5. The van der Waals surface area contributed by atoms with Gasteiger partial charge in [-0.05, 0) is 25.4 Å². The molecule has 0 radical (unpaired) electrons. The van der Waals surface area contributed by atoms with Crippen LogP contribution in [-0.2, 0) is 4.79 Å². The fourth-order valence-electron chi connectivity index (χ4n) is 1.13. The summed E-state index contributed by atoms with van der Waals surface area (Å²) < 4.78 is 0. The lowest BCUT2D eigenvalue weighted by Gasteiger charge is -2.08. The molecule has 4 N–H and O–H groups in total. The molecule has 0 unspecified atom stereocenters. The first kappa shape index (κ1) is 13.4. The molecule has 8 heteroatoms. The van der Waals surface area contributed by atoms with Gasteiger partial charge in [0.2, 0.25) is 23.1 Å². The summed E-state index contributed by atoms with van der Waals surface area (Å²) in [7, 11) is 0. The van der Waals surface area contributed by atoms with Crippen molar-refractivity contribution >= 4 is 29.4 Å². The van der Waals surface area contributed by atoms with Crippen LogP contribution in [-0.4, -0.2) is 33.4 Å². The SMILES string of the molecule is CC(C)NC(=O)CCNc1nc(N)nc(Cl)n1. The number of nitrogen functional groups attached to an aromatic ring is 1. The topological polar surface area (TPSA) is 106 Å². The maximum Gasteiger partial charge on any atom is 0.228 e. The number of carbonyl (C=O) groups excluding carboxylic acids is 1. The molecular formula is C9H15ClN6O. The third-order valence-electron chi connectivity index (χ3n) is 1.71. The summed E-state index contributed by atoms with van der Waals surface area (Å²) in [4.78, 5) is 22.6. The summed E-state index contributed by atoms with van der Waals surface area (Å²) in [5.74, 6) is 0.264. The number of nitrogens with one attached hydrogen (secondary N) is 2. The zero-order chi connectivity index (χ0) is 12.8. The molecule has 7 nitrogen and oxygen atoms in total. The predicted octanol–water partition coefficient (Wildman–Crippen LogP) is 0.434. The fourth-order valence-corrected chi connectivity index (χ4v) is 1.29. The van der Waals surface area contributed by atoms with E-state index in [0.29, 0.717) is 13.0 Å². The summed E-state index contributed by atoms with van der Waals surface area (Å²) in [5.41, 5.74) is 5.39. The number of amides is 1. The van der Waals surface area contributed by atoms with Gasteiger partial charge in [-0.3, -0.25) is 4.79 Å². The molecule has 0 saturated carbocycles. The number of nitrogens with two attached hydrogens (primary N) is 1. The zero-order valence-electron chi connectivity index (χ0n) is 9.70. The molecule has 0 saturated heterocycles. The summed E-state index contributed by atoms with van der Waals surface area (Å²) in [6.07, 6.45) is 0.321. The normalized spacial score (nSPS) is 10.4. The quantitative estimate of drug-likeness (QED) is 0.707. The first-order valence-electron chi connectivity index (χ1n) is 5.17. The minimum Gasteiger partial charge on any atom is -0.368 e. The summed E-state index contributed by atoms with van der Waals surface area (Å²) in [6.45, 7) is 4.20. The molecule has 0 aliphatic rings. The molecule has 0 spiro atoms. The summed E-state index contributed by atoms with van der Waals surface area (Å²) in [5, 5.41) is 5.63. The Hall–Kier alpha value is -1.63. The van der Waals surface area contributed by atoms with Crippen molar-refractivity contribution in [2.75, 3.05) is 17.6 Å². The maximum absolute atomic E-state index is 11.3. The van der Waals surface area contributed by atoms with Gasteiger partial charge >= 0.3 is 0 Å². The molecule has 1 rings (SSSR count). The van der Waals surface area contributed by atoms with E-state index >= 15 is 0 Å². The van der Waals surface area contributed by atoms with Crippen LogP contribution >= 0.6 is 11.6 Å². The van der Waals surface area contributed by atoms with Gasteiger partial charge in [-0.2, -0.15) is 15.0 Å². The first-order valence-corrected chi connectivity index (χ1v) is 5.55. The van der Waals surface area contributed by atoms with Gasteiger partial charge in [-0.25, -0.2) is 0 Å². The molecule has 1 amide bonds. The monoisotopic (exact) mass is 258 g/mol. The van der Waals surface area contributed by atoms with Crippen LogP contribution in [0.4, 0.5) is 11.9 Å². The number of hydrogen-bond donors (Lipinski definition) is 3. The molecule has 1 aromatic heterocycles. The number of rotatable bonds is 5. The Morgan fingerprint density at radius 3 is 2.71 bits per heavy atom. The maximum atomic E-state index is 11.3. The van der Waals surface area contributed by atoms with Crippen LogP contribution < -0.4 is 16.4 Å². The lowest BCUT2D eigenvalue weighted by molar-refractivity contribution is -0.121. The Morgan fingerprint density at radius 2 is 2.12 bits per heavy atom. The van der Waals surface area contributed by atoms with E-state index in [-0.39, 0.29) is 29.1 Å². The first-order chi connectivity index (χ1) is 7.97. The van der Waals surface area contributed by atoms with Crippen LogP contribution in [0.1, 0.15) is 20.3 Å². The van der Waals surface area contributed by atoms with Crippen LogP contribution in [0.3, 0.4) is 0 Å². The lowest BCUT2D eigenvalue weighted by Crippen LogP contribution is -2.31. The molecule has 0 fully saturated rings. The minimum atomic E-state index is -0.0411. The van der Waals surface area contributed by atoms with Crippen LogP contribution in [0.25, 0.3) is 0 Å². The highest BCUT2D eigenvalue weighted by Crippen LogP contribution is 2.06. The van der Waals surface area contributed by atoms with Gasteiger partial charge in [-0.1, -0.05) is 0 Å². The van der Waals surface area contributed by atoms with Crippen molar-refractivity contribution in [2.45, 2.75) is 26.3 Å². The second-order valence-electron chi connectivity index (χ2n) is 3.69. The van der Waals surface area contributed by atoms with Gasteiger partial charge in [0, 0.05) is 19.0 Å². The number of hydrogen-bond acceptors (Lipinski definition) is 6. The van der Waals surface area contributed by atoms with E-state index in [2.05, 4.69) is 25.6 Å². The van der Waals surface area contributed by atoms with Crippen LogP contribution in [0.5, 0.6) is 0 Å². The number of aromatic nitrogens is 3.